The third-order valence-corrected chi connectivity index (χ3v) is 5.65. The topological polar surface area (TPSA) is 46.6 Å². The van der Waals surface area contributed by atoms with Gasteiger partial charge >= 0.3 is 5.97 Å². The average Bonchev–Trinajstić information content (AvgIpc) is 2.69. The number of halogens is 2. The van der Waals surface area contributed by atoms with Crippen molar-refractivity contribution in [2.24, 2.45) is 5.92 Å². The minimum Gasteiger partial charge on any atom is -0.452 e. The van der Waals surface area contributed by atoms with Gasteiger partial charge in [-0.25, -0.2) is 4.79 Å². The molecule has 0 aromatic heterocycles. The van der Waals surface area contributed by atoms with Crippen LogP contribution in [0.15, 0.2) is 48.5 Å². The van der Waals surface area contributed by atoms with Crippen molar-refractivity contribution in [2.45, 2.75) is 19.3 Å². The molecule has 1 heterocycles. The van der Waals surface area contributed by atoms with Gasteiger partial charge in [0, 0.05) is 13.1 Å². The number of carbonyl (C=O) groups is 2. The molecule has 0 bridgehead atoms. The first-order chi connectivity index (χ1) is 13.0. The van der Waals surface area contributed by atoms with Crippen molar-refractivity contribution in [1.82, 2.24) is 4.90 Å². The Hall–Kier alpha value is -2.04. The van der Waals surface area contributed by atoms with Crippen LogP contribution in [0.2, 0.25) is 10.0 Å². The average molecular weight is 406 g/mol. The molecular weight excluding hydrogens is 385 g/mol. The van der Waals surface area contributed by atoms with E-state index in [2.05, 4.69) is 24.3 Å². The number of rotatable bonds is 5. The van der Waals surface area contributed by atoms with Gasteiger partial charge in [0.15, 0.2) is 6.61 Å². The number of esters is 1. The highest BCUT2D eigenvalue weighted by Gasteiger charge is 2.24. The summed E-state index contributed by atoms with van der Waals surface area (Å²) in [6.07, 6.45) is 2.94. The third kappa shape index (κ3) is 5.24. The molecule has 2 aromatic rings. The van der Waals surface area contributed by atoms with E-state index in [0.717, 1.165) is 19.3 Å². The molecular formula is C21H21Cl2NO3. The van der Waals surface area contributed by atoms with Crippen LogP contribution in [0.4, 0.5) is 0 Å². The largest absolute Gasteiger partial charge is 0.452 e. The van der Waals surface area contributed by atoms with Gasteiger partial charge in [0.2, 0.25) is 0 Å². The van der Waals surface area contributed by atoms with E-state index in [1.165, 1.54) is 11.6 Å². The SMILES string of the molecule is O=C(OCC(=O)N1CCC(Cc2ccccc2)CC1)c1cccc(Cl)c1Cl. The van der Waals surface area contributed by atoms with Gasteiger partial charge in [-0.3, -0.25) is 4.79 Å². The fraction of sp³-hybridized carbons (Fsp3) is 0.333. The zero-order chi connectivity index (χ0) is 19.2. The highest BCUT2D eigenvalue weighted by atomic mass is 35.5. The first kappa shape index (κ1) is 19.7. The lowest BCUT2D eigenvalue weighted by molar-refractivity contribution is -0.135. The summed E-state index contributed by atoms with van der Waals surface area (Å²) >= 11 is 11.9. The molecule has 142 valence electrons. The molecule has 2 aromatic carbocycles. The fourth-order valence-corrected chi connectivity index (χ4v) is 3.67. The Bertz CT molecular complexity index is 802. The third-order valence-electron chi connectivity index (χ3n) is 4.83. The molecule has 0 unspecified atom stereocenters. The molecule has 0 spiro atoms. The van der Waals surface area contributed by atoms with Gasteiger partial charge in [-0.1, -0.05) is 59.6 Å². The number of amides is 1. The molecule has 0 aliphatic carbocycles. The molecule has 1 fully saturated rings. The summed E-state index contributed by atoms with van der Waals surface area (Å²) in [4.78, 5) is 26.2. The number of hydrogen-bond donors (Lipinski definition) is 0. The van der Waals surface area contributed by atoms with E-state index in [1.54, 1.807) is 17.0 Å². The minimum absolute atomic E-state index is 0.137. The maximum absolute atomic E-state index is 12.3. The van der Waals surface area contributed by atoms with Crippen LogP contribution >= 0.6 is 23.2 Å². The number of piperidine rings is 1. The summed E-state index contributed by atoms with van der Waals surface area (Å²) in [5.74, 6) is -0.251. The van der Waals surface area contributed by atoms with Gasteiger partial charge in [0.05, 0.1) is 15.6 Å². The van der Waals surface area contributed by atoms with Crippen LogP contribution in [0.1, 0.15) is 28.8 Å². The maximum Gasteiger partial charge on any atom is 0.340 e. The molecule has 3 rings (SSSR count). The van der Waals surface area contributed by atoms with Gasteiger partial charge < -0.3 is 9.64 Å². The summed E-state index contributed by atoms with van der Waals surface area (Å²) in [7, 11) is 0. The molecule has 27 heavy (non-hydrogen) atoms. The van der Waals surface area contributed by atoms with Gasteiger partial charge in [-0.15, -0.1) is 0 Å². The van der Waals surface area contributed by atoms with Crippen LogP contribution in [0.25, 0.3) is 0 Å². The van der Waals surface area contributed by atoms with E-state index in [0.29, 0.717) is 19.0 Å². The second kappa shape index (κ2) is 9.25. The zero-order valence-corrected chi connectivity index (χ0v) is 16.4. The summed E-state index contributed by atoms with van der Waals surface area (Å²) in [6.45, 7) is 1.09. The zero-order valence-electron chi connectivity index (χ0n) is 14.9. The van der Waals surface area contributed by atoms with Gasteiger partial charge in [-0.2, -0.15) is 0 Å². The predicted molar refractivity (Wildman–Crippen MR) is 106 cm³/mol. The van der Waals surface area contributed by atoms with Gasteiger partial charge in [-0.05, 0) is 42.9 Å². The molecule has 1 aliphatic rings. The van der Waals surface area contributed by atoms with Crippen LogP contribution in [0.3, 0.4) is 0 Å². The van der Waals surface area contributed by atoms with Crippen LogP contribution in [0.5, 0.6) is 0 Å². The Morgan fingerprint density at radius 1 is 1.00 bits per heavy atom. The number of benzene rings is 2. The Labute approximate surface area is 169 Å². The first-order valence-electron chi connectivity index (χ1n) is 8.97. The van der Waals surface area contributed by atoms with Crippen molar-refractivity contribution in [1.29, 1.82) is 0 Å². The number of likely N-dealkylation sites (tertiary alicyclic amines) is 1. The van der Waals surface area contributed by atoms with Crippen LogP contribution < -0.4 is 0 Å². The second-order valence-electron chi connectivity index (χ2n) is 6.69. The minimum atomic E-state index is -0.644. The van der Waals surface area contributed by atoms with Crippen LogP contribution in [-0.4, -0.2) is 36.5 Å². The van der Waals surface area contributed by atoms with Crippen molar-refractivity contribution in [2.75, 3.05) is 19.7 Å². The van der Waals surface area contributed by atoms with Crippen molar-refractivity contribution in [3.63, 3.8) is 0 Å². The fourth-order valence-electron chi connectivity index (χ4n) is 3.29. The second-order valence-corrected chi connectivity index (χ2v) is 7.48. The number of nitrogens with zero attached hydrogens (tertiary/aromatic N) is 1. The van der Waals surface area contributed by atoms with E-state index >= 15 is 0 Å². The normalized spacial score (nSPS) is 14.8. The summed E-state index contributed by atoms with van der Waals surface area (Å²) < 4.78 is 5.13. The Morgan fingerprint density at radius 3 is 2.41 bits per heavy atom. The lowest BCUT2D eigenvalue weighted by atomic mass is 9.90. The number of hydrogen-bond acceptors (Lipinski definition) is 3. The molecule has 1 aliphatic heterocycles. The predicted octanol–water partition coefficient (Wildman–Crippen LogP) is 4.63. The van der Waals surface area contributed by atoms with Crippen LogP contribution in [-0.2, 0) is 16.0 Å². The van der Waals surface area contributed by atoms with E-state index < -0.39 is 5.97 Å². The van der Waals surface area contributed by atoms with E-state index in [1.807, 2.05) is 6.07 Å². The molecule has 0 radical (unpaired) electrons. The molecule has 1 saturated heterocycles. The summed E-state index contributed by atoms with van der Waals surface area (Å²) in [5, 5.41) is 0.413. The smallest absolute Gasteiger partial charge is 0.340 e. The Morgan fingerprint density at radius 2 is 1.70 bits per heavy atom. The number of carbonyl (C=O) groups excluding carboxylic acids is 2. The lowest BCUT2D eigenvalue weighted by Gasteiger charge is -2.32. The van der Waals surface area contributed by atoms with Crippen molar-refractivity contribution >= 4 is 35.1 Å². The maximum atomic E-state index is 12.3. The van der Waals surface area contributed by atoms with Crippen molar-refractivity contribution in [3.8, 4) is 0 Å². The quantitative estimate of drug-likeness (QED) is 0.681. The molecule has 0 atom stereocenters. The van der Waals surface area contributed by atoms with E-state index in [-0.39, 0.29) is 28.1 Å². The summed E-state index contributed by atoms with van der Waals surface area (Å²) in [5.41, 5.74) is 1.49. The van der Waals surface area contributed by atoms with Gasteiger partial charge in [0.1, 0.15) is 0 Å². The Kier molecular flexibility index (Phi) is 6.75. The molecule has 0 N–H and O–H groups in total. The van der Waals surface area contributed by atoms with Crippen LogP contribution in [0, 0.1) is 5.92 Å². The van der Waals surface area contributed by atoms with E-state index in [4.69, 9.17) is 27.9 Å². The lowest BCUT2D eigenvalue weighted by Crippen LogP contribution is -2.41. The van der Waals surface area contributed by atoms with Crippen molar-refractivity contribution in [3.05, 3.63) is 69.7 Å². The first-order valence-corrected chi connectivity index (χ1v) is 9.73. The summed E-state index contributed by atoms with van der Waals surface area (Å²) in [6, 6.07) is 15.1. The Balaban J connectivity index is 1.45. The monoisotopic (exact) mass is 405 g/mol. The molecule has 0 saturated carbocycles. The van der Waals surface area contributed by atoms with E-state index in [9.17, 15) is 9.59 Å². The standard InChI is InChI=1S/C21H21Cl2NO3/c22-18-8-4-7-17(20(18)23)21(26)27-14-19(25)24-11-9-16(10-12-24)13-15-5-2-1-3-6-15/h1-8,16H,9-14H2. The molecule has 1 amide bonds. The van der Waals surface area contributed by atoms with Gasteiger partial charge in [0.25, 0.3) is 5.91 Å². The number of ether oxygens (including phenoxy) is 1. The molecule has 6 heteroatoms. The highest BCUT2D eigenvalue weighted by molar-refractivity contribution is 6.43. The molecule has 4 nitrogen and oxygen atoms in total. The van der Waals surface area contributed by atoms with Crippen molar-refractivity contribution < 1.29 is 14.3 Å². The highest BCUT2D eigenvalue weighted by Crippen LogP contribution is 2.26.